The molecular weight excluding hydrogens is 226 g/mol. The summed E-state index contributed by atoms with van der Waals surface area (Å²) in [6, 6.07) is 8.11. The molecule has 0 atom stereocenters. The largest absolute Gasteiger partial charge is 0.481 e. The lowest BCUT2D eigenvalue weighted by molar-refractivity contribution is -0.142. The van der Waals surface area contributed by atoms with Crippen LogP contribution in [-0.4, -0.2) is 15.6 Å². The van der Waals surface area contributed by atoms with Gasteiger partial charge < -0.3 is 9.67 Å². The Morgan fingerprint density at radius 3 is 2.61 bits per heavy atom. The van der Waals surface area contributed by atoms with Crippen molar-refractivity contribution in [3.63, 3.8) is 0 Å². The van der Waals surface area contributed by atoms with Gasteiger partial charge in [-0.1, -0.05) is 18.2 Å². The van der Waals surface area contributed by atoms with Crippen molar-refractivity contribution in [1.29, 1.82) is 0 Å². The molecule has 18 heavy (non-hydrogen) atoms. The molecule has 0 bridgehead atoms. The number of aryl methyl sites for hydroxylation is 2. The first-order valence-electron chi connectivity index (χ1n) is 6.22. The van der Waals surface area contributed by atoms with Crippen molar-refractivity contribution in [3.05, 3.63) is 35.5 Å². The molecule has 0 spiro atoms. The molecule has 3 nitrogen and oxygen atoms in total. The van der Waals surface area contributed by atoms with Crippen molar-refractivity contribution in [2.45, 2.75) is 39.7 Å². The Kier molecular flexibility index (Phi) is 2.93. The van der Waals surface area contributed by atoms with Gasteiger partial charge in [-0.2, -0.15) is 0 Å². The fraction of sp³-hybridized carbons (Fsp3) is 0.400. The second-order valence-corrected chi connectivity index (χ2v) is 5.22. The number of fused-ring (bicyclic) bond motifs is 1. The molecule has 1 heterocycles. The summed E-state index contributed by atoms with van der Waals surface area (Å²) in [5.41, 5.74) is 2.31. The van der Waals surface area contributed by atoms with Crippen LogP contribution < -0.4 is 0 Å². The molecule has 0 radical (unpaired) electrons. The fourth-order valence-electron chi connectivity index (χ4n) is 2.47. The predicted octanol–water partition coefficient (Wildman–Crippen LogP) is 3.33. The van der Waals surface area contributed by atoms with Crippen LogP contribution in [0.5, 0.6) is 0 Å². The number of carboxylic acids is 1. The minimum absolute atomic E-state index is 0.778. The maximum atomic E-state index is 11.4. The van der Waals surface area contributed by atoms with Crippen LogP contribution in [-0.2, 0) is 16.8 Å². The first kappa shape index (κ1) is 12.7. The van der Waals surface area contributed by atoms with Gasteiger partial charge >= 0.3 is 5.97 Å². The van der Waals surface area contributed by atoms with E-state index in [1.807, 2.05) is 25.1 Å². The molecule has 0 fully saturated rings. The number of carboxylic acid groups (broad SMARTS) is 1. The molecule has 0 aliphatic heterocycles. The van der Waals surface area contributed by atoms with Crippen LogP contribution >= 0.6 is 0 Å². The Labute approximate surface area is 107 Å². The highest BCUT2D eigenvalue weighted by molar-refractivity contribution is 5.88. The maximum Gasteiger partial charge on any atom is 0.315 e. The van der Waals surface area contributed by atoms with Gasteiger partial charge in [-0.15, -0.1) is 0 Å². The molecule has 0 saturated carbocycles. The van der Waals surface area contributed by atoms with E-state index in [2.05, 4.69) is 17.6 Å². The fourth-order valence-corrected chi connectivity index (χ4v) is 2.47. The lowest BCUT2D eigenvalue weighted by Crippen LogP contribution is -2.31. The van der Waals surface area contributed by atoms with Gasteiger partial charge in [0.15, 0.2) is 0 Å². The topological polar surface area (TPSA) is 42.2 Å². The van der Waals surface area contributed by atoms with Gasteiger partial charge in [0.25, 0.3) is 0 Å². The van der Waals surface area contributed by atoms with E-state index < -0.39 is 11.4 Å². The Morgan fingerprint density at radius 1 is 1.39 bits per heavy atom. The molecule has 0 unspecified atom stereocenters. The quantitative estimate of drug-likeness (QED) is 0.901. The molecule has 1 aromatic carbocycles. The number of hydrogen-bond acceptors (Lipinski definition) is 1. The third-order valence-corrected chi connectivity index (χ3v) is 3.61. The molecule has 96 valence electrons. The van der Waals surface area contributed by atoms with Gasteiger partial charge in [0.2, 0.25) is 0 Å². The smallest absolute Gasteiger partial charge is 0.315 e. The van der Waals surface area contributed by atoms with Crippen LogP contribution in [0.3, 0.4) is 0 Å². The summed E-state index contributed by atoms with van der Waals surface area (Å²) < 4.78 is 2.11. The SMILES string of the molecule is CCn1c(C(C)(C)C(=O)O)cc2cccc(C)c21. The lowest BCUT2D eigenvalue weighted by Gasteiger charge is -2.22. The summed E-state index contributed by atoms with van der Waals surface area (Å²) in [5.74, 6) is -0.794. The molecule has 1 N–H and O–H groups in total. The van der Waals surface area contributed by atoms with E-state index in [1.54, 1.807) is 13.8 Å². The zero-order valence-corrected chi connectivity index (χ0v) is 11.3. The van der Waals surface area contributed by atoms with Crippen LogP contribution in [0.4, 0.5) is 0 Å². The predicted molar refractivity (Wildman–Crippen MR) is 73.0 cm³/mol. The Balaban J connectivity index is 2.81. The minimum atomic E-state index is -0.874. The Morgan fingerprint density at radius 2 is 2.06 bits per heavy atom. The van der Waals surface area contributed by atoms with Gasteiger partial charge in [0, 0.05) is 17.6 Å². The second-order valence-electron chi connectivity index (χ2n) is 5.22. The summed E-state index contributed by atoms with van der Waals surface area (Å²) >= 11 is 0. The molecule has 0 saturated heterocycles. The monoisotopic (exact) mass is 245 g/mol. The molecule has 2 aromatic rings. The summed E-state index contributed by atoms with van der Waals surface area (Å²) in [7, 11) is 0. The number of aromatic nitrogens is 1. The van der Waals surface area contributed by atoms with Crippen LogP contribution in [0, 0.1) is 6.92 Å². The third kappa shape index (κ3) is 1.70. The van der Waals surface area contributed by atoms with E-state index in [0.29, 0.717) is 0 Å². The van der Waals surface area contributed by atoms with Crippen molar-refractivity contribution >= 4 is 16.9 Å². The third-order valence-electron chi connectivity index (χ3n) is 3.61. The van der Waals surface area contributed by atoms with E-state index in [9.17, 15) is 9.90 Å². The van der Waals surface area contributed by atoms with Gasteiger partial charge in [-0.3, -0.25) is 4.79 Å². The van der Waals surface area contributed by atoms with Crippen molar-refractivity contribution in [2.75, 3.05) is 0 Å². The van der Waals surface area contributed by atoms with Crippen molar-refractivity contribution < 1.29 is 9.90 Å². The normalized spacial score (nSPS) is 12.0. The summed E-state index contributed by atoms with van der Waals surface area (Å²) in [4.78, 5) is 11.4. The Hall–Kier alpha value is -1.77. The molecule has 0 aliphatic carbocycles. The average molecular weight is 245 g/mol. The van der Waals surface area contributed by atoms with Gasteiger partial charge in [0.05, 0.1) is 5.52 Å². The molecule has 2 rings (SSSR count). The summed E-state index contributed by atoms with van der Waals surface area (Å²) in [6.07, 6.45) is 0. The minimum Gasteiger partial charge on any atom is -0.481 e. The lowest BCUT2D eigenvalue weighted by atomic mass is 9.89. The van der Waals surface area contributed by atoms with Gasteiger partial charge in [-0.05, 0) is 39.3 Å². The number of para-hydroxylation sites is 1. The number of hydrogen-bond donors (Lipinski definition) is 1. The molecular formula is C15H19NO2. The van der Waals surface area contributed by atoms with Crippen LogP contribution in [0.15, 0.2) is 24.3 Å². The molecule has 0 amide bonds. The Bertz CT molecular complexity index is 608. The number of carbonyl (C=O) groups is 1. The standard InChI is InChI=1S/C15H19NO2/c1-5-16-12(15(3,4)14(17)18)9-11-8-6-7-10(2)13(11)16/h6-9H,5H2,1-4H3,(H,17,18). The highest BCUT2D eigenvalue weighted by Gasteiger charge is 2.33. The summed E-state index contributed by atoms with van der Waals surface area (Å²) in [6.45, 7) is 8.40. The van der Waals surface area contributed by atoms with E-state index >= 15 is 0 Å². The average Bonchev–Trinajstić information content (AvgIpc) is 2.69. The number of nitrogens with zero attached hydrogens (tertiary/aromatic N) is 1. The van der Waals surface area contributed by atoms with Crippen LogP contribution in [0.1, 0.15) is 32.0 Å². The van der Waals surface area contributed by atoms with E-state index in [4.69, 9.17) is 0 Å². The van der Waals surface area contributed by atoms with Gasteiger partial charge in [-0.25, -0.2) is 0 Å². The highest BCUT2D eigenvalue weighted by atomic mass is 16.4. The van der Waals surface area contributed by atoms with E-state index in [-0.39, 0.29) is 0 Å². The number of benzene rings is 1. The number of rotatable bonds is 3. The molecule has 1 aromatic heterocycles. The van der Waals surface area contributed by atoms with E-state index in [0.717, 1.165) is 23.1 Å². The summed E-state index contributed by atoms with van der Waals surface area (Å²) in [5, 5.41) is 10.5. The van der Waals surface area contributed by atoms with Crippen molar-refractivity contribution in [1.82, 2.24) is 4.57 Å². The second kappa shape index (κ2) is 4.16. The van der Waals surface area contributed by atoms with Gasteiger partial charge in [0.1, 0.15) is 5.41 Å². The maximum absolute atomic E-state index is 11.4. The molecule has 3 heteroatoms. The highest BCUT2D eigenvalue weighted by Crippen LogP contribution is 2.31. The van der Waals surface area contributed by atoms with E-state index in [1.165, 1.54) is 5.56 Å². The zero-order valence-electron chi connectivity index (χ0n) is 11.3. The zero-order chi connectivity index (χ0) is 13.5. The van der Waals surface area contributed by atoms with Crippen molar-refractivity contribution in [2.24, 2.45) is 0 Å². The van der Waals surface area contributed by atoms with Crippen LogP contribution in [0.2, 0.25) is 0 Å². The molecule has 0 aliphatic rings. The van der Waals surface area contributed by atoms with Crippen molar-refractivity contribution in [3.8, 4) is 0 Å². The number of aliphatic carboxylic acids is 1. The first-order valence-corrected chi connectivity index (χ1v) is 6.22. The first-order chi connectivity index (χ1) is 8.39. The van der Waals surface area contributed by atoms with Crippen LogP contribution in [0.25, 0.3) is 10.9 Å².